The van der Waals surface area contributed by atoms with Crippen LogP contribution >= 0.6 is 23.8 Å². The summed E-state index contributed by atoms with van der Waals surface area (Å²) < 4.78 is 0. The molecule has 0 radical (unpaired) electrons. The second kappa shape index (κ2) is 5.45. The smallest absolute Gasteiger partial charge is 0.106 e. The van der Waals surface area contributed by atoms with Crippen LogP contribution in [0.25, 0.3) is 0 Å². The summed E-state index contributed by atoms with van der Waals surface area (Å²) in [7, 11) is 0. The minimum absolute atomic E-state index is 0.437. The Kier molecular flexibility index (Phi) is 4.13. The Bertz CT molecular complexity index is 461. The number of nitrogens with two attached hydrogens (primary N) is 1. The zero-order chi connectivity index (χ0) is 13.3. The van der Waals surface area contributed by atoms with Gasteiger partial charge in [0.15, 0.2) is 0 Å². The Hall–Kier alpha value is -0.800. The van der Waals surface area contributed by atoms with Crippen molar-refractivity contribution in [2.75, 3.05) is 11.4 Å². The fourth-order valence-corrected chi connectivity index (χ4v) is 2.97. The third-order valence-electron chi connectivity index (χ3n) is 3.91. The first-order valence-electron chi connectivity index (χ1n) is 6.36. The standard InChI is InChI=1S/C14H19ClN2S/c1-9-4-3-7-17(10(9)2)13-8-11(15)5-6-12(13)14(16)18/h5-6,8-10H,3-4,7H2,1-2H3,(H2,16,18). The lowest BCUT2D eigenvalue weighted by atomic mass is 9.91. The zero-order valence-electron chi connectivity index (χ0n) is 10.8. The molecular weight excluding hydrogens is 264 g/mol. The predicted molar refractivity (Wildman–Crippen MR) is 82.5 cm³/mol. The fraction of sp³-hybridized carbons (Fsp3) is 0.500. The van der Waals surface area contributed by atoms with E-state index in [-0.39, 0.29) is 0 Å². The number of benzene rings is 1. The SMILES string of the molecule is CC1CCCN(c2cc(Cl)ccc2C(N)=S)C1C. The van der Waals surface area contributed by atoms with Crippen molar-refractivity contribution in [1.82, 2.24) is 0 Å². The molecule has 1 aromatic rings. The van der Waals surface area contributed by atoms with E-state index in [1.165, 1.54) is 12.8 Å². The minimum Gasteiger partial charge on any atom is -0.389 e. The highest BCUT2D eigenvalue weighted by molar-refractivity contribution is 7.80. The van der Waals surface area contributed by atoms with E-state index in [9.17, 15) is 0 Å². The molecule has 0 saturated carbocycles. The second-order valence-corrected chi connectivity index (χ2v) is 5.96. The molecule has 2 N–H and O–H groups in total. The number of anilines is 1. The molecule has 2 atom stereocenters. The monoisotopic (exact) mass is 282 g/mol. The van der Waals surface area contributed by atoms with Crippen LogP contribution in [0.4, 0.5) is 5.69 Å². The van der Waals surface area contributed by atoms with Gasteiger partial charge in [-0.15, -0.1) is 0 Å². The molecule has 2 unspecified atom stereocenters. The second-order valence-electron chi connectivity index (χ2n) is 5.08. The van der Waals surface area contributed by atoms with E-state index >= 15 is 0 Å². The average Bonchev–Trinajstić information content (AvgIpc) is 2.32. The van der Waals surface area contributed by atoms with Crippen molar-refractivity contribution in [3.8, 4) is 0 Å². The lowest BCUT2D eigenvalue weighted by Gasteiger charge is -2.40. The van der Waals surface area contributed by atoms with Crippen LogP contribution in [0.15, 0.2) is 18.2 Å². The minimum atomic E-state index is 0.437. The van der Waals surface area contributed by atoms with E-state index < -0.39 is 0 Å². The molecule has 1 aliphatic heterocycles. The van der Waals surface area contributed by atoms with Crippen molar-refractivity contribution in [2.24, 2.45) is 11.7 Å². The highest BCUT2D eigenvalue weighted by Gasteiger charge is 2.26. The van der Waals surface area contributed by atoms with Gasteiger partial charge in [-0.05, 0) is 43.9 Å². The number of halogens is 1. The number of rotatable bonds is 2. The maximum atomic E-state index is 6.11. The normalized spacial score (nSPS) is 24.1. The number of piperidine rings is 1. The lowest BCUT2D eigenvalue weighted by Crippen LogP contribution is -2.43. The molecule has 4 heteroatoms. The van der Waals surface area contributed by atoms with Crippen LogP contribution in [0.5, 0.6) is 0 Å². The first-order valence-corrected chi connectivity index (χ1v) is 7.15. The summed E-state index contributed by atoms with van der Waals surface area (Å²) >= 11 is 11.3. The number of thiocarbonyl (C=S) groups is 1. The van der Waals surface area contributed by atoms with Gasteiger partial charge in [0.1, 0.15) is 4.99 Å². The van der Waals surface area contributed by atoms with E-state index in [0.29, 0.717) is 16.9 Å². The van der Waals surface area contributed by atoms with Crippen LogP contribution in [-0.2, 0) is 0 Å². The molecule has 1 heterocycles. The number of hydrogen-bond acceptors (Lipinski definition) is 2. The first kappa shape index (κ1) is 13.6. The van der Waals surface area contributed by atoms with Crippen molar-refractivity contribution in [3.63, 3.8) is 0 Å². The van der Waals surface area contributed by atoms with Gasteiger partial charge in [-0.25, -0.2) is 0 Å². The summed E-state index contributed by atoms with van der Waals surface area (Å²) in [6.07, 6.45) is 2.48. The Morgan fingerprint density at radius 2 is 2.17 bits per heavy atom. The van der Waals surface area contributed by atoms with Crippen LogP contribution in [0, 0.1) is 5.92 Å². The van der Waals surface area contributed by atoms with Crippen molar-refractivity contribution >= 4 is 34.5 Å². The Morgan fingerprint density at radius 1 is 1.44 bits per heavy atom. The van der Waals surface area contributed by atoms with Crippen molar-refractivity contribution in [2.45, 2.75) is 32.7 Å². The average molecular weight is 283 g/mol. The van der Waals surface area contributed by atoms with Gasteiger partial charge in [-0.3, -0.25) is 0 Å². The molecule has 1 fully saturated rings. The molecule has 2 nitrogen and oxygen atoms in total. The van der Waals surface area contributed by atoms with Gasteiger partial charge in [0, 0.05) is 28.9 Å². The van der Waals surface area contributed by atoms with E-state index in [1.54, 1.807) is 0 Å². The van der Waals surface area contributed by atoms with Gasteiger partial charge in [0.2, 0.25) is 0 Å². The topological polar surface area (TPSA) is 29.3 Å². The fourth-order valence-electron chi connectivity index (χ4n) is 2.63. The van der Waals surface area contributed by atoms with Crippen LogP contribution in [0.2, 0.25) is 5.02 Å². The largest absolute Gasteiger partial charge is 0.389 e. The van der Waals surface area contributed by atoms with Gasteiger partial charge in [-0.1, -0.05) is 30.7 Å². The molecule has 1 aromatic carbocycles. The Labute approximate surface area is 119 Å². The quantitative estimate of drug-likeness (QED) is 0.841. The maximum Gasteiger partial charge on any atom is 0.106 e. The molecule has 0 aromatic heterocycles. The summed E-state index contributed by atoms with van der Waals surface area (Å²) in [6.45, 7) is 5.59. The van der Waals surface area contributed by atoms with E-state index in [2.05, 4.69) is 18.7 Å². The maximum absolute atomic E-state index is 6.11. The first-order chi connectivity index (χ1) is 8.50. The highest BCUT2D eigenvalue weighted by Crippen LogP contribution is 2.32. The van der Waals surface area contributed by atoms with Crippen molar-refractivity contribution in [3.05, 3.63) is 28.8 Å². The zero-order valence-corrected chi connectivity index (χ0v) is 12.4. The van der Waals surface area contributed by atoms with Crippen molar-refractivity contribution in [1.29, 1.82) is 0 Å². The third kappa shape index (κ3) is 2.62. The molecule has 98 valence electrons. The molecule has 0 spiro atoms. The predicted octanol–water partition coefficient (Wildman–Crippen LogP) is 3.60. The molecule has 0 bridgehead atoms. The molecule has 0 aliphatic carbocycles. The van der Waals surface area contributed by atoms with Gasteiger partial charge >= 0.3 is 0 Å². The molecule has 18 heavy (non-hydrogen) atoms. The summed E-state index contributed by atoms with van der Waals surface area (Å²) in [5.41, 5.74) is 7.82. The number of hydrogen-bond donors (Lipinski definition) is 1. The summed E-state index contributed by atoms with van der Waals surface area (Å²) in [4.78, 5) is 2.82. The highest BCUT2D eigenvalue weighted by atomic mass is 35.5. The van der Waals surface area contributed by atoms with Crippen LogP contribution in [0.3, 0.4) is 0 Å². The third-order valence-corrected chi connectivity index (χ3v) is 4.36. The van der Waals surface area contributed by atoms with Crippen molar-refractivity contribution < 1.29 is 0 Å². The summed E-state index contributed by atoms with van der Waals surface area (Å²) in [6, 6.07) is 6.24. The van der Waals surface area contributed by atoms with E-state index in [0.717, 1.165) is 22.8 Å². The lowest BCUT2D eigenvalue weighted by molar-refractivity contribution is 0.363. The Morgan fingerprint density at radius 3 is 2.83 bits per heavy atom. The van der Waals surface area contributed by atoms with Gasteiger partial charge < -0.3 is 10.6 Å². The molecule has 2 rings (SSSR count). The molecule has 1 saturated heterocycles. The summed E-state index contributed by atoms with van der Waals surface area (Å²) in [5, 5.41) is 0.732. The Balaban J connectivity index is 2.42. The molecule has 1 aliphatic rings. The van der Waals surface area contributed by atoms with Gasteiger partial charge in [-0.2, -0.15) is 0 Å². The van der Waals surface area contributed by atoms with Crippen LogP contribution < -0.4 is 10.6 Å². The summed E-state index contributed by atoms with van der Waals surface area (Å²) in [5.74, 6) is 0.678. The van der Waals surface area contributed by atoms with Gasteiger partial charge in [0.05, 0.1) is 0 Å². The number of nitrogens with zero attached hydrogens (tertiary/aromatic N) is 1. The van der Waals surface area contributed by atoms with E-state index in [1.807, 2.05) is 18.2 Å². The molecule has 0 amide bonds. The van der Waals surface area contributed by atoms with Gasteiger partial charge in [0.25, 0.3) is 0 Å². The van der Waals surface area contributed by atoms with Crippen LogP contribution in [-0.4, -0.2) is 17.6 Å². The van der Waals surface area contributed by atoms with Crippen LogP contribution in [0.1, 0.15) is 32.3 Å². The van der Waals surface area contributed by atoms with E-state index in [4.69, 9.17) is 29.6 Å². The molecular formula is C14H19ClN2S.